The fourth-order valence-electron chi connectivity index (χ4n) is 2.05. The fraction of sp³-hybridized carbons (Fsp3) is 0.333. The Balaban J connectivity index is 2.18. The van der Waals surface area contributed by atoms with E-state index in [1.54, 1.807) is 0 Å². The minimum atomic E-state index is 0.00224. The van der Waals surface area contributed by atoms with Gasteiger partial charge in [0.2, 0.25) is 0 Å². The Kier molecular flexibility index (Phi) is 1.15. The van der Waals surface area contributed by atoms with Gasteiger partial charge in [0.05, 0.1) is 0 Å². The van der Waals surface area contributed by atoms with Crippen molar-refractivity contribution in [2.24, 2.45) is 0 Å². The zero-order valence-corrected chi connectivity index (χ0v) is 7.87. The Morgan fingerprint density at radius 1 is 1.38 bits per heavy atom. The van der Waals surface area contributed by atoms with Gasteiger partial charge < -0.3 is 4.74 Å². The summed E-state index contributed by atoms with van der Waals surface area (Å²) in [6, 6.07) is 6.55. The van der Waals surface area contributed by atoms with E-state index in [2.05, 4.69) is 44.2 Å². The van der Waals surface area contributed by atoms with Crippen molar-refractivity contribution in [3.05, 3.63) is 41.0 Å². The van der Waals surface area contributed by atoms with Gasteiger partial charge in [0.25, 0.3) is 0 Å². The lowest BCUT2D eigenvalue weighted by Gasteiger charge is -2.10. The van der Waals surface area contributed by atoms with Crippen LogP contribution in [0.5, 0.6) is 0 Å². The molecule has 1 fully saturated rings. The molecule has 1 aromatic rings. The van der Waals surface area contributed by atoms with E-state index in [0.29, 0.717) is 6.10 Å². The lowest BCUT2D eigenvalue weighted by atomic mass is 9.90. The third kappa shape index (κ3) is 0.909. The molecular weight excluding hydrogens is 160 g/mol. The van der Waals surface area contributed by atoms with Crippen LogP contribution in [0.15, 0.2) is 24.3 Å². The van der Waals surface area contributed by atoms with Gasteiger partial charge >= 0.3 is 0 Å². The first-order valence-corrected chi connectivity index (χ1v) is 4.67. The van der Waals surface area contributed by atoms with Gasteiger partial charge in [0.1, 0.15) is 11.7 Å². The first-order valence-electron chi connectivity index (χ1n) is 4.67. The maximum absolute atomic E-state index is 5.64. The molecule has 0 spiro atoms. The van der Waals surface area contributed by atoms with E-state index in [-0.39, 0.29) is 5.60 Å². The summed E-state index contributed by atoms with van der Waals surface area (Å²) in [7, 11) is 0. The predicted molar refractivity (Wildman–Crippen MR) is 52.4 cm³/mol. The van der Waals surface area contributed by atoms with Gasteiger partial charge in [-0.2, -0.15) is 0 Å². The molecule has 1 aromatic carbocycles. The van der Waals surface area contributed by atoms with Gasteiger partial charge in [-0.15, -0.1) is 0 Å². The first kappa shape index (κ1) is 7.34. The second-order valence-electron chi connectivity index (χ2n) is 4.15. The van der Waals surface area contributed by atoms with E-state index < -0.39 is 0 Å². The van der Waals surface area contributed by atoms with Gasteiger partial charge in [-0.05, 0) is 31.1 Å². The van der Waals surface area contributed by atoms with Gasteiger partial charge in [0, 0.05) is 0 Å². The van der Waals surface area contributed by atoms with E-state index in [1.807, 2.05) is 0 Å². The second-order valence-corrected chi connectivity index (χ2v) is 4.15. The van der Waals surface area contributed by atoms with Crippen LogP contribution in [0.3, 0.4) is 0 Å². The lowest BCUT2D eigenvalue weighted by Crippen LogP contribution is -2.06. The highest BCUT2D eigenvalue weighted by molar-refractivity contribution is 5.62. The van der Waals surface area contributed by atoms with Crippen LogP contribution in [0.1, 0.15) is 29.7 Å². The van der Waals surface area contributed by atoms with Crippen LogP contribution in [0.25, 0.3) is 6.08 Å². The number of benzene rings is 1. The molecule has 3 rings (SSSR count). The molecule has 2 atom stereocenters. The van der Waals surface area contributed by atoms with Crippen molar-refractivity contribution in [3.63, 3.8) is 0 Å². The van der Waals surface area contributed by atoms with Crippen LogP contribution in [0.4, 0.5) is 0 Å². The highest BCUT2D eigenvalue weighted by atomic mass is 16.6. The Morgan fingerprint density at radius 3 is 3.08 bits per heavy atom. The summed E-state index contributed by atoms with van der Waals surface area (Å²) in [4.78, 5) is 0. The molecule has 2 aliphatic rings. The topological polar surface area (TPSA) is 12.5 Å². The summed E-state index contributed by atoms with van der Waals surface area (Å²) in [5.74, 6) is 0. The quantitative estimate of drug-likeness (QED) is 0.548. The number of aryl methyl sites for hydroxylation is 1. The molecule has 0 saturated carbocycles. The smallest absolute Gasteiger partial charge is 0.117 e. The molecule has 66 valence electrons. The van der Waals surface area contributed by atoms with E-state index >= 15 is 0 Å². The maximum atomic E-state index is 5.64. The van der Waals surface area contributed by atoms with Crippen LogP contribution in [-0.4, -0.2) is 5.60 Å². The highest BCUT2D eigenvalue weighted by Gasteiger charge is 2.53. The number of hydrogen-bond donors (Lipinski definition) is 0. The Morgan fingerprint density at radius 2 is 2.23 bits per heavy atom. The van der Waals surface area contributed by atoms with Crippen molar-refractivity contribution in [1.82, 2.24) is 0 Å². The van der Waals surface area contributed by atoms with Crippen molar-refractivity contribution >= 4 is 6.08 Å². The third-order valence-electron chi connectivity index (χ3n) is 2.95. The molecule has 1 heteroatoms. The normalized spacial score (nSPS) is 33.8. The van der Waals surface area contributed by atoms with Crippen LogP contribution >= 0.6 is 0 Å². The number of rotatable bonds is 0. The third-order valence-corrected chi connectivity index (χ3v) is 2.95. The summed E-state index contributed by atoms with van der Waals surface area (Å²) in [5.41, 5.74) is 3.98. The van der Waals surface area contributed by atoms with Gasteiger partial charge in [-0.1, -0.05) is 29.8 Å². The summed E-state index contributed by atoms with van der Waals surface area (Å²) >= 11 is 0. The molecule has 1 aliphatic carbocycles. The summed E-state index contributed by atoms with van der Waals surface area (Å²) < 4.78 is 5.64. The molecule has 0 N–H and O–H groups in total. The molecule has 1 nitrogen and oxygen atoms in total. The zero-order chi connectivity index (χ0) is 9.05. The van der Waals surface area contributed by atoms with Crippen LogP contribution in [0.2, 0.25) is 0 Å². The Hall–Kier alpha value is -1.08. The molecule has 1 saturated heterocycles. The average Bonchev–Trinajstić information content (AvgIpc) is 2.77. The van der Waals surface area contributed by atoms with Gasteiger partial charge in [-0.3, -0.25) is 0 Å². The van der Waals surface area contributed by atoms with Crippen molar-refractivity contribution in [2.75, 3.05) is 0 Å². The monoisotopic (exact) mass is 172 g/mol. The van der Waals surface area contributed by atoms with Crippen LogP contribution in [0, 0.1) is 6.92 Å². The second kappa shape index (κ2) is 2.05. The van der Waals surface area contributed by atoms with E-state index in [0.717, 1.165) is 0 Å². The zero-order valence-electron chi connectivity index (χ0n) is 7.87. The Labute approximate surface area is 78.0 Å². The lowest BCUT2D eigenvalue weighted by molar-refractivity contribution is 0.347. The largest absolute Gasteiger partial charge is 0.357 e. The van der Waals surface area contributed by atoms with E-state index in [1.165, 1.54) is 16.7 Å². The average molecular weight is 172 g/mol. The molecule has 0 radical (unpaired) electrons. The standard InChI is InChI=1S/C12H12O/c1-8-3-4-10-9(7-8)5-6-12(2)11(10)13-12/h3-7,11H,1-2H3. The SMILES string of the molecule is Cc1ccc2c(c1)C=CC1(C)OC21. The number of fused-ring (bicyclic) bond motifs is 3. The minimum Gasteiger partial charge on any atom is -0.357 e. The highest BCUT2D eigenvalue weighted by Crippen LogP contribution is 2.54. The molecule has 0 amide bonds. The summed E-state index contributed by atoms with van der Waals surface area (Å²) in [5, 5.41) is 0. The molecule has 0 aromatic heterocycles. The number of epoxide rings is 1. The van der Waals surface area contributed by atoms with Crippen LogP contribution in [-0.2, 0) is 4.74 Å². The predicted octanol–water partition coefficient (Wildman–Crippen LogP) is 2.85. The van der Waals surface area contributed by atoms with Crippen LogP contribution < -0.4 is 0 Å². The minimum absolute atomic E-state index is 0.00224. The molecule has 13 heavy (non-hydrogen) atoms. The van der Waals surface area contributed by atoms with Gasteiger partial charge in [0.15, 0.2) is 0 Å². The first-order chi connectivity index (χ1) is 6.19. The van der Waals surface area contributed by atoms with Crippen molar-refractivity contribution in [2.45, 2.75) is 25.6 Å². The molecule has 0 bridgehead atoms. The summed E-state index contributed by atoms with van der Waals surface area (Å²) in [6.45, 7) is 4.26. The van der Waals surface area contributed by atoms with Gasteiger partial charge in [-0.25, -0.2) is 0 Å². The maximum Gasteiger partial charge on any atom is 0.117 e. The number of hydrogen-bond acceptors (Lipinski definition) is 1. The molecular formula is C12H12O. The molecule has 1 aliphatic heterocycles. The molecule has 2 unspecified atom stereocenters. The Bertz CT molecular complexity index is 406. The summed E-state index contributed by atoms with van der Waals surface area (Å²) in [6.07, 6.45) is 4.65. The molecule has 1 heterocycles. The van der Waals surface area contributed by atoms with Crippen molar-refractivity contribution in [3.8, 4) is 0 Å². The van der Waals surface area contributed by atoms with Crippen molar-refractivity contribution < 1.29 is 4.74 Å². The fourth-order valence-corrected chi connectivity index (χ4v) is 2.05. The number of ether oxygens (including phenoxy) is 1. The van der Waals surface area contributed by atoms with E-state index in [4.69, 9.17) is 4.74 Å². The van der Waals surface area contributed by atoms with Crippen molar-refractivity contribution in [1.29, 1.82) is 0 Å². The van der Waals surface area contributed by atoms with E-state index in [9.17, 15) is 0 Å².